The normalized spacial score (nSPS) is 18.1. The van der Waals surface area contributed by atoms with E-state index in [0.717, 1.165) is 30.5 Å². The molecule has 1 N–H and O–H groups in total. The number of aromatic nitrogens is 5. The number of halogens is 1. The highest BCUT2D eigenvalue weighted by Gasteiger charge is 2.35. The van der Waals surface area contributed by atoms with E-state index in [-0.39, 0.29) is 17.9 Å². The molecule has 1 saturated heterocycles. The number of sulfonamides is 1. The fourth-order valence-corrected chi connectivity index (χ4v) is 5.21. The minimum atomic E-state index is -4.00. The predicted octanol–water partition coefficient (Wildman–Crippen LogP) is 3.64. The molecule has 0 amide bonds. The third kappa shape index (κ3) is 4.92. The van der Waals surface area contributed by atoms with Crippen LogP contribution < -0.4 is 4.72 Å². The Morgan fingerprint density at radius 2 is 2.00 bits per heavy atom. The lowest BCUT2D eigenvalue weighted by Crippen LogP contribution is -2.33. The fraction of sp³-hybridized carbons (Fsp3) is 0.455. The molecular formula is C22H27ClN6O4S. The Hall–Kier alpha value is -2.60. The van der Waals surface area contributed by atoms with Gasteiger partial charge >= 0.3 is 0 Å². The largest absolute Gasteiger partial charge is 0.372 e. The molecule has 3 atom stereocenters. The van der Waals surface area contributed by atoms with Gasteiger partial charge in [0.25, 0.3) is 0 Å². The first kappa shape index (κ1) is 24.5. The number of hydrogen-bond acceptors (Lipinski definition) is 8. The van der Waals surface area contributed by atoms with Gasteiger partial charge in [0.2, 0.25) is 16.0 Å². The maximum absolute atomic E-state index is 13.4. The molecule has 1 aromatic carbocycles. The number of methoxy groups -OCH3 is 1. The molecule has 3 aromatic rings. The van der Waals surface area contributed by atoms with Crippen LogP contribution in [-0.2, 0) is 25.9 Å². The van der Waals surface area contributed by atoms with E-state index < -0.39 is 21.4 Å². The molecule has 1 fully saturated rings. The Kier molecular flexibility index (Phi) is 7.46. The van der Waals surface area contributed by atoms with Crippen molar-refractivity contribution < 1.29 is 17.9 Å². The van der Waals surface area contributed by atoms with Gasteiger partial charge in [-0.1, -0.05) is 36.7 Å². The fourth-order valence-electron chi connectivity index (χ4n) is 3.98. The van der Waals surface area contributed by atoms with Gasteiger partial charge in [-0.2, -0.15) is 0 Å². The highest BCUT2D eigenvalue weighted by Crippen LogP contribution is 2.33. The summed E-state index contributed by atoms with van der Waals surface area (Å²) in [7, 11) is -2.59. The van der Waals surface area contributed by atoms with Gasteiger partial charge in [0.15, 0.2) is 11.6 Å². The average Bonchev–Trinajstić information content (AvgIpc) is 3.50. The van der Waals surface area contributed by atoms with Crippen LogP contribution in [0, 0.1) is 0 Å². The number of nitrogens with one attached hydrogen (secondary N) is 1. The predicted molar refractivity (Wildman–Crippen MR) is 127 cm³/mol. The Labute approximate surface area is 203 Å². The molecule has 12 heteroatoms. The lowest BCUT2D eigenvalue weighted by Gasteiger charge is -2.22. The van der Waals surface area contributed by atoms with Crippen LogP contribution in [-0.4, -0.2) is 52.1 Å². The third-order valence-corrected chi connectivity index (χ3v) is 7.71. The molecule has 0 radical (unpaired) electrons. The molecule has 10 nitrogen and oxygen atoms in total. The zero-order valence-electron chi connectivity index (χ0n) is 19.2. The summed E-state index contributed by atoms with van der Waals surface area (Å²) in [6.45, 7) is 4.19. The van der Waals surface area contributed by atoms with Crippen LogP contribution in [0.5, 0.6) is 0 Å². The standard InChI is InChI=1S/C22H27ClN6O4S/c1-4-15-8-5-6-9-17(15)29-21(18-10-7-11-33-18)26-27-22(29)28-34(30,31)14(2)19(32-3)20-24-12-16(23)13-25-20/h5-6,8-9,12-14,18-19H,4,7,10-11H2,1-3H3,(H,27,28)/t14?,18-,19?/m0/s1. The van der Waals surface area contributed by atoms with E-state index in [9.17, 15) is 8.42 Å². The Bertz CT molecular complexity index is 1230. The van der Waals surface area contributed by atoms with Crippen LogP contribution in [0.2, 0.25) is 5.02 Å². The van der Waals surface area contributed by atoms with Gasteiger partial charge < -0.3 is 9.47 Å². The Balaban J connectivity index is 1.72. The van der Waals surface area contributed by atoms with Gasteiger partial charge in [-0.15, -0.1) is 10.2 Å². The third-order valence-electron chi connectivity index (χ3n) is 5.82. The zero-order chi connectivity index (χ0) is 24.3. The first-order chi connectivity index (χ1) is 16.4. The molecule has 2 unspecified atom stereocenters. The van der Waals surface area contributed by atoms with Crippen molar-refractivity contribution in [1.29, 1.82) is 0 Å². The molecule has 4 rings (SSSR count). The molecule has 1 aliphatic rings. The SMILES string of the molecule is CCc1ccccc1-n1c(NS(=O)(=O)C(C)C(OC)c2ncc(Cl)cn2)nnc1[C@@H]1CCCO1. The maximum Gasteiger partial charge on any atom is 0.243 e. The van der Waals surface area contributed by atoms with E-state index in [2.05, 4.69) is 24.9 Å². The highest BCUT2D eigenvalue weighted by atomic mass is 35.5. The smallest absolute Gasteiger partial charge is 0.243 e. The van der Waals surface area contributed by atoms with E-state index in [4.69, 9.17) is 21.1 Å². The van der Waals surface area contributed by atoms with Crippen LogP contribution in [0.1, 0.15) is 56.1 Å². The molecular weight excluding hydrogens is 480 g/mol. The van der Waals surface area contributed by atoms with Gasteiger partial charge in [0, 0.05) is 26.1 Å². The van der Waals surface area contributed by atoms with Crippen LogP contribution in [0.4, 0.5) is 5.95 Å². The lowest BCUT2D eigenvalue weighted by molar-refractivity contribution is 0.0950. The van der Waals surface area contributed by atoms with E-state index in [1.54, 1.807) is 4.57 Å². The van der Waals surface area contributed by atoms with Crippen molar-refractivity contribution in [2.75, 3.05) is 18.4 Å². The summed E-state index contributed by atoms with van der Waals surface area (Å²) in [5.74, 6) is 0.862. The summed E-state index contributed by atoms with van der Waals surface area (Å²) in [6.07, 6.45) is 4.05. The van der Waals surface area contributed by atoms with Crippen LogP contribution in [0.25, 0.3) is 5.69 Å². The zero-order valence-corrected chi connectivity index (χ0v) is 20.8. The molecule has 182 valence electrons. The summed E-state index contributed by atoms with van der Waals surface area (Å²) in [5, 5.41) is 7.82. The highest BCUT2D eigenvalue weighted by molar-refractivity contribution is 7.93. The molecule has 1 aliphatic heterocycles. The Morgan fingerprint density at radius 3 is 2.65 bits per heavy atom. The second kappa shape index (κ2) is 10.3. The molecule has 3 heterocycles. The molecule has 34 heavy (non-hydrogen) atoms. The van der Waals surface area contributed by atoms with Gasteiger partial charge in [-0.3, -0.25) is 9.29 Å². The molecule has 0 saturated carbocycles. The first-order valence-electron chi connectivity index (χ1n) is 11.0. The van der Waals surface area contributed by atoms with Crippen molar-refractivity contribution in [3.05, 3.63) is 58.9 Å². The topological polar surface area (TPSA) is 121 Å². The van der Waals surface area contributed by atoms with Crippen molar-refractivity contribution in [3.63, 3.8) is 0 Å². The van der Waals surface area contributed by atoms with Crippen molar-refractivity contribution in [2.24, 2.45) is 0 Å². The number of anilines is 1. The van der Waals surface area contributed by atoms with Crippen LogP contribution in [0.15, 0.2) is 36.7 Å². The second-order valence-electron chi connectivity index (χ2n) is 7.97. The average molecular weight is 507 g/mol. The van der Waals surface area contributed by atoms with Crippen molar-refractivity contribution in [1.82, 2.24) is 24.7 Å². The summed E-state index contributed by atoms with van der Waals surface area (Å²) in [5.41, 5.74) is 1.83. The number of rotatable bonds is 9. The Morgan fingerprint density at radius 1 is 1.26 bits per heavy atom. The van der Waals surface area contributed by atoms with Crippen molar-refractivity contribution in [2.45, 2.75) is 50.6 Å². The summed E-state index contributed by atoms with van der Waals surface area (Å²) >= 11 is 5.87. The van der Waals surface area contributed by atoms with E-state index in [0.29, 0.717) is 17.5 Å². The molecule has 0 aliphatic carbocycles. The van der Waals surface area contributed by atoms with Gasteiger partial charge in [-0.05, 0) is 37.8 Å². The quantitative estimate of drug-likeness (QED) is 0.467. The molecule has 0 bridgehead atoms. The van der Waals surface area contributed by atoms with Gasteiger partial charge in [-0.25, -0.2) is 18.4 Å². The molecule has 0 spiro atoms. The summed E-state index contributed by atoms with van der Waals surface area (Å²) < 4.78 is 42.5. The number of aryl methyl sites for hydroxylation is 1. The summed E-state index contributed by atoms with van der Waals surface area (Å²) in [6, 6.07) is 7.75. The van der Waals surface area contributed by atoms with Crippen molar-refractivity contribution >= 4 is 27.6 Å². The first-order valence-corrected chi connectivity index (χ1v) is 12.9. The second-order valence-corrected chi connectivity index (χ2v) is 10.4. The number of benzene rings is 1. The number of ether oxygens (including phenoxy) is 2. The summed E-state index contributed by atoms with van der Waals surface area (Å²) in [4.78, 5) is 8.25. The molecule has 2 aromatic heterocycles. The maximum atomic E-state index is 13.4. The van der Waals surface area contributed by atoms with Gasteiger partial charge in [0.05, 0.1) is 10.7 Å². The number of hydrogen-bond donors (Lipinski definition) is 1. The number of para-hydroxylation sites is 1. The minimum absolute atomic E-state index is 0.0881. The van der Waals surface area contributed by atoms with Crippen LogP contribution in [0.3, 0.4) is 0 Å². The minimum Gasteiger partial charge on any atom is -0.372 e. The monoisotopic (exact) mass is 506 g/mol. The van der Waals surface area contributed by atoms with E-state index in [1.807, 2.05) is 31.2 Å². The number of nitrogens with zero attached hydrogens (tertiary/aromatic N) is 5. The van der Waals surface area contributed by atoms with Crippen LogP contribution >= 0.6 is 11.6 Å². The lowest BCUT2D eigenvalue weighted by atomic mass is 10.1. The van der Waals surface area contributed by atoms with E-state index in [1.165, 1.54) is 26.4 Å². The van der Waals surface area contributed by atoms with Gasteiger partial charge in [0.1, 0.15) is 17.5 Å². The van der Waals surface area contributed by atoms with E-state index >= 15 is 0 Å². The van der Waals surface area contributed by atoms with Crippen molar-refractivity contribution in [3.8, 4) is 5.69 Å².